The molecule has 0 N–H and O–H groups in total. The van der Waals surface area contributed by atoms with Crippen molar-refractivity contribution in [2.75, 3.05) is 11.5 Å². The van der Waals surface area contributed by atoms with Gasteiger partial charge in [0.25, 0.3) is 0 Å². The molecule has 2 amide bonds. The summed E-state index contributed by atoms with van der Waals surface area (Å²) in [4.78, 5) is 39.7. The summed E-state index contributed by atoms with van der Waals surface area (Å²) in [6.45, 7) is 1.93. The summed E-state index contributed by atoms with van der Waals surface area (Å²) in [6, 6.07) is 13.5. The van der Waals surface area contributed by atoms with Gasteiger partial charge in [0.15, 0.2) is 12.4 Å². The molecule has 6 heteroatoms. The lowest BCUT2D eigenvalue weighted by molar-refractivity contribution is -0.122. The van der Waals surface area contributed by atoms with Crippen LogP contribution in [-0.4, -0.2) is 24.2 Å². The van der Waals surface area contributed by atoms with Crippen molar-refractivity contribution in [1.82, 2.24) is 0 Å². The highest BCUT2D eigenvalue weighted by Crippen LogP contribution is 2.44. The van der Waals surface area contributed by atoms with Crippen LogP contribution >= 0.6 is 11.6 Å². The zero-order valence-corrected chi connectivity index (χ0v) is 16.9. The second kappa shape index (κ2) is 7.99. The zero-order chi connectivity index (χ0) is 20.5. The molecule has 4 rings (SSSR count). The zero-order valence-electron chi connectivity index (χ0n) is 16.1. The van der Waals surface area contributed by atoms with Gasteiger partial charge in [-0.05, 0) is 61.6 Å². The monoisotopic (exact) mass is 411 g/mol. The van der Waals surface area contributed by atoms with Gasteiger partial charge < -0.3 is 4.74 Å². The van der Waals surface area contributed by atoms with E-state index in [1.54, 1.807) is 48.5 Å². The molecule has 2 aromatic rings. The van der Waals surface area contributed by atoms with Crippen LogP contribution in [0.2, 0.25) is 5.02 Å². The number of para-hydroxylation sites is 2. The first kappa shape index (κ1) is 19.6. The van der Waals surface area contributed by atoms with E-state index in [1.165, 1.54) is 4.90 Å². The molecular weight excluding hydrogens is 390 g/mol. The summed E-state index contributed by atoms with van der Waals surface area (Å²) >= 11 is 5.86. The second-order valence-electron chi connectivity index (χ2n) is 7.83. The van der Waals surface area contributed by atoms with Crippen LogP contribution < -0.4 is 9.64 Å². The fourth-order valence-corrected chi connectivity index (χ4v) is 4.38. The summed E-state index contributed by atoms with van der Waals surface area (Å²) in [7, 11) is 0. The van der Waals surface area contributed by atoms with Crippen molar-refractivity contribution in [2.24, 2.45) is 17.8 Å². The van der Waals surface area contributed by atoms with Gasteiger partial charge in [-0.25, -0.2) is 4.90 Å². The molecule has 0 bridgehead atoms. The van der Waals surface area contributed by atoms with Crippen LogP contribution in [-0.2, 0) is 9.59 Å². The fourth-order valence-electron chi connectivity index (χ4n) is 4.25. The summed E-state index contributed by atoms with van der Waals surface area (Å²) < 4.78 is 5.74. The number of hydrogen-bond donors (Lipinski definition) is 0. The lowest BCUT2D eigenvalue weighted by Gasteiger charge is -2.25. The minimum absolute atomic E-state index is 0.160. The highest BCUT2D eigenvalue weighted by atomic mass is 35.5. The number of anilines is 1. The smallest absolute Gasteiger partial charge is 0.237 e. The number of Topliss-reactive ketones (excluding diaryl/α,β-unsaturated/α-hetero) is 1. The van der Waals surface area contributed by atoms with E-state index in [1.807, 2.05) is 0 Å². The third-order valence-electron chi connectivity index (χ3n) is 5.82. The van der Waals surface area contributed by atoms with Crippen LogP contribution in [0.5, 0.6) is 5.75 Å². The van der Waals surface area contributed by atoms with Gasteiger partial charge in [-0.15, -0.1) is 0 Å². The number of hydrogen-bond acceptors (Lipinski definition) is 4. The van der Waals surface area contributed by atoms with Crippen LogP contribution in [0.3, 0.4) is 0 Å². The van der Waals surface area contributed by atoms with Crippen molar-refractivity contribution >= 4 is 34.9 Å². The second-order valence-corrected chi connectivity index (χ2v) is 8.27. The van der Waals surface area contributed by atoms with E-state index in [9.17, 15) is 14.4 Å². The van der Waals surface area contributed by atoms with Gasteiger partial charge in [0.05, 0.1) is 17.5 Å². The van der Waals surface area contributed by atoms with Crippen molar-refractivity contribution in [1.29, 1.82) is 0 Å². The predicted molar refractivity (Wildman–Crippen MR) is 110 cm³/mol. The van der Waals surface area contributed by atoms with E-state index in [0.717, 1.165) is 19.3 Å². The Hall–Kier alpha value is -2.66. The predicted octanol–water partition coefficient (Wildman–Crippen LogP) is 4.53. The number of ketones is 1. The Bertz CT molecular complexity index is 956. The number of benzene rings is 2. The Labute approximate surface area is 174 Å². The highest BCUT2D eigenvalue weighted by Gasteiger charge is 2.50. The molecule has 0 spiro atoms. The number of imide groups is 1. The molecule has 3 atom stereocenters. The summed E-state index contributed by atoms with van der Waals surface area (Å²) in [5, 5.41) is 0.551. The molecule has 29 heavy (non-hydrogen) atoms. The molecule has 1 aliphatic heterocycles. The highest BCUT2D eigenvalue weighted by molar-refractivity contribution is 6.30. The van der Waals surface area contributed by atoms with Crippen molar-refractivity contribution in [3.63, 3.8) is 0 Å². The third-order valence-corrected chi connectivity index (χ3v) is 6.07. The summed E-state index contributed by atoms with van der Waals surface area (Å²) in [6.07, 6.45) is 2.44. The first-order valence-corrected chi connectivity index (χ1v) is 10.2. The first-order valence-electron chi connectivity index (χ1n) is 9.84. The minimum Gasteiger partial charge on any atom is -0.483 e. The van der Waals surface area contributed by atoms with Gasteiger partial charge in [-0.2, -0.15) is 0 Å². The number of rotatable bonds is 5. The number of nitrogens with zero attached hydrogens (tertiary/aromatic N) is 1. The molecule has 0 aromatic heterocycles. The SMILES string of the molecule is C[C@H]1CC[C@H]2C(=O)N(c3ccccc3OCC(=O)c3ccc(Cl)cc3)C(=O)[C@@H]2C1. The molecule has 1 saturated heterocycles. The van der Waals surface area contributed by atoms with Crippen LogP contribution in [0.15, 0.2) is 48.5 Å². The molecule has 0 unspecified atom stereocenters. The Morgan fingerprint density at radius 3 is 2.48 bits per heavy atom. The molecule has 1 heterocycles. The van der Waals surface area contributed by atoms with E-state index in [4.69, 9.17) is 16.3 Å². The standard InChI is InChI=1S/C23H22ClNO4/c1-14-6-11-17-18(12-14)23(28)25(22(17)27)19-4-2-3-5-21(19)29-13-20(26)15-7-9-16(24)10-8-15/h2-5,7-10,14,17-18H,6,11-13H2,1H3/t14-,17+,18+/m0/s1. The number of fused-ring (bicyclic) bond motifs is 1. The number of amides is 2. The number of carbonyl (C=O) groups excluding carboxylic acids is 3. The fraction of sp³-hybridized carbons (Fsp3) is 0.348. The normalized spacial score (nSPS) is 23.8. The lowest BCUT2D eigenvalue weighted by atomic mass is 9.76. The Morgan fingerprint density at radius 2 is 1.72 bits per heavy atom. The van der Waals surface area contributed by atoms with Crippen molar-refractivity contribution < 1.29 is 19.1 Å². The lowest BCUT2D eigenvalue weighted by Crippen LogP contribution is -2.31. The van der Waals surface area contributed by atoms with E-state index >= 15 is 0 Å². The van der Waals surface area contributed by atoms with Gasteiger partial charge in [0.1, 0.15) is 5.75 Å². The molecule has 2 fully saturated rings. The third kappa shape index (κ3) is 3.79. The maximum atomic E-state index is 13.0. The quantitative estimate of drug-likeness (QED) is 0.535. The Kier molecular flexibility index (Phi) is 5.41. The Morgan fingerprint density at radius 1 is 1.03 bits per heavy atom. The maximum Gasteiger partial charge on any atom is 0.237 e. The number of halogens is 1. The Balaban J connectivity index is 1.54. The van der Waals surface area contributed by atoms with Gasteiger partial charge in [-0.1, -0.05) is 30.7 Å². The van der Waals surface area contributed by atoms with Gasteiger partial charge in [0, 0.05) is 10.6 Å². The summed E-state index contributed by atoms with van der Waals surface area (Å²) in [5.74, 6) is -0.242. The molecule has 1 aliphatic carbocycles. The van der Waals surface area contributed by atoms with Crippen LogP contribution in [0.4, 0.5) is 5.69 Å². The molecule has 2 aromatic carbocycles. The van der Waals surface area contributed by atoms with Gasteiger partial charge >= 0.3 is 0 Å². The number of carbonyl (C=O) groups is 3. The van der Waals surface area contributed by atoms with E-state index in [2.05, 4.69) is 6.92 Å². The average molecular weight is 412 g/mol. The number of ether oxygens (including phenoxy) is 1. The van der Waals surface area contributed by atoms with Crippen LogP contribution in [0.25, 0.3) is 0 Å². The topological polar surface area (TPSA) is 63.7 Å². The molecule has 150 valence electrons. The van der Waals surface area contributed by atoms with Crippen LogP contribution in [0, 0.1) is 17.8 Å². The van der Waals surface area contributed by atoms with E-state index < -0.39 is 0 Å². The van der Waals surface area contributed by atoms with Gasteiger partial charge in [0.2, 0.25) is 11.8 Å². The largest absolute Gasteiger partial charge is 0.483 e. The molecule has 0 radical (unpaired) electrons. The van der Waals surface area contributed by atoms with Crippen molar-refractivity contribution in [3.05, 3.63) is 59.1 Å². The molecule has 5 nitrogen and oxygen atoms in total. The molecule has 2 aliphatic rings. The minimum atomic E-state index is -0.255. The van der Waals surface area contributed by atoms with Crippen LogP contribution in [0.1, 0.15) is 36.5 Å². The molecular formula is C23H22ClNO4. The van der Waals surface area contributed by atoms with Crippen molar-refractivity contribution in [3.8, 4) is 5.75 Å². The van der Waals surface area contributed by atoms with E-state index in [-0.39, 0.29) is 36.0 Å². The van der Waals surface area contributed by atoms with E-state index in [0.29, 0.717) is 27.9 Å². The van der Waals surface area contributed by atoms with Crippen molar-refractivity contribution in [2.45, 2.75) is 26.2 Å². The average Bonchev–Trinajstić information content (AvgIpc) is 2.96. The first-order chi connectivity index (χ1) is 14.0. The van der Waals surface area contributed by atoms with Gasteiger partial charge in [-0.3, -0.25) is 14.4 Å². The molecule has 1 saturated carbocycles. The summed E-state index contributed by atoms with van der Waals surface area (Å²) in [5.41, 5.74) is 0.897. The maximum absolute atomic E-state index is 13.0.